The van der Waals surface area contributed by atoms with Crippen molar-refractivity contribution >= 4 is 17.8 Å². The number of amides is 2. The van der Waals surface area contributed by atoms with E-state index in [2.05, 4.69) is 5.32 Å². The third-order valence-electron chi connectivity index (χ3n) is 3.64. The van der Waals surface area contributed by atoms with Gasteiger partial charge in [0.05, 0.1) is 19.3 Å². The van der Waals surface area contributed by atoms with Crippen molar-refractivity contribution in [3.63, 3.8) is 0 Å². The van der Waals surface area contributed by atoms with Gasteiger partial charge in [0.1, 0.15) is 6.04 Å². The summed E-state index contributed by atoms with van der Waals surface area (Å²) < 4.78 is 10.2. The van der Waals surface area contributed by atoms with Crippen LogP contribution in [-0.2, 0) is 14.3 Å². The fraction of sp³-hybridized carbons (Fsp3) is 0.562. The van der Waals surface area contributed by atoms with Crippen molar-refractivity contribution in [2.45, 2.75) is 32.7 Å². The quantitative estimate of drug-likeness (QED) is 0.795. The predicted octanol–water partition coefficient (Wildman–Crippen LogP) is 1.20. The van der Waals surface area contributed by atoms with E-state index in [4.69, 9.17) is 9.15 Å². The van der Waals surface area contributed by atoms with Crippen LogP contribution in [-0.4, -0.2) is 48.4 Å². The molecule has 2 rings (SSSR count). The number of hydrogen-bond donors (Lipinski definition) is 1. The molecule has 2 heterocycles. The molecule has 0 aliphatic carbocycles. The van der Waals surface area contributed by atoms with Gasteiger partial charge < -0.3 is 19.4 Å². The molecule has 23 heavy (non-hydrogen) atoms. The Morgan fingerprint density at radius 2 is 2.26 bits per heavy atom. The standard InChI is InChI=1S/C16H22N2O5/c1-11(2)5-9-23-14(19)10-12-15(20)17-6-7-18(12)16(21)13-4-3-8-22-13/h3-4,8,11-12H,5-7,9-10H2,1-2H3,(H,17,20). The molecule has 1 atom stereocenters. The van der Waals surface area contributed by atoms with Crippen LogP contribution in [0.2, 0.25) is 0 Å². The second kappa shape index (κ2) is 7.80. The van der Waals surface area contributed by atoms with Gasteiger partial charge >= 0.3 is 5.97 Å². The first-order valence-electron chi connectivity index (χ1n) is 7.77. The molecule has 1 aromatic rings. The Morgan fingerprint density at radius 1 is 1.48 bits per heavy atom. The average Bonchev–Trinajstić information content (AvgIpc) is 3.02. The first-order valence-corrected chi connectivity index (χ1v) is 7.77. The minimum Gasteiger partial charge on any atom is -0.466 e. The van der Waals surface area contributed by atoms with Crippen molar-refractivity contribution in [3.05, 3.63) is 24.2 Å². The number of carbonyl (C=O) groups excluding carboxylic acids is 3. The minimum absolute atomic E-state index is 0.151. The third kappa shape index (κ3) is 4.58. The number of hydrogen-bond acceptors (Lipinski definition) is 5. The zero-order valence-corrected chi connectivity index (χ0v) is 13.4. The number of furan rings is 1. The zero-order valence-electron chi connectivity index (χ0n) is 13.4. The number of rotatable bonds is 6. The Morgan fingerprint density at radius 3 is 2.91 bits per heavy atom. The zero-order chi connectivity index (χ0) is 16.8. The van der Waals surface area contributed by atoms with Gasteiger partial charge in [0.15, 0.2) is 5.76 Å². The predicted molar refractivity (Wildman–Crippen MR) is 81.6 cm³/mol. The van der Waals surface area contributed by atoms with E-state index in [1.54, 1.807) is 6.07 Å². The van der Waals surface area contributed by atoms with Gasteiger partial charge in [0.25, 0.3) is 5.91 Å². The van der Waals surface area contributed by atoms with Crippen LogP contribution in [0.25, 0.3) is 0 Å². The summed E-state index contributed by atoms with van der Waals surface area (Å²) in [7, 11) is 0. The van der Waals surface area contributed by atoms with Crippen molar-refractivity contribution in [2.24, 2.45) is 5.92 Å². The van der Waals surface area contributed by atoms with E-state index in [1.807, 2.05) is 13.8 Å². The monoisotopic (exact) mass is 322 g/mol. The van der Waals surface area contributed by atoms with E-state index in [1.165, 1.54) is 17.2 Å². The maximum Gasteiger partial charge on any atom is 0.308 e. The summed E-state index contributed by atoms with van der Waals surface area (Å²) in [6.45, 7) is 5.06. The smallest absolute Gasteiger partial charge is 0.308 e. The largest absolute Gasteiger partial charge is 0.466 e. The lowest BCUT2D eigenvalue weighted by molar-refractivity contribution is -0.148. The molecule has 7 heteroatoms. The second-order valence-corrected chi connectivity index (χ2v) is 5.89. The van der Waals surface area contributed by atoms with Gasteiger partial charge in [0.2, 0.25) is 5.91 Å². The van der Waals surface area contributed by atoms with Crippen molar-refractivity contribution < 1.29 is 23.5 Å². The number of esters is 1. The van der Waals surface area contributed by atoms with E-state index in [-0.39, 0.29) is 18.1 Å². The van der Waals surface area contributed by atoms with Crippen LogP contribution in [0.3, 0.4) is 0 Å². The number of ether oxygens (including phenoxy) is 1. The molecule has 1 saturated heterocycles. The fourth-order valence-electron chi connectivity index (χ4n) is 2.33. The Kier molecular flexibility index (Phi) is 5.78. The molecular weight excluding hydrogens is 300 g/mol. The Labute approximate surface area is 135 Å². The first-order chi connectivity index (χ1) is 11.0. The molecule has 126 valence electrons. The van der Waals surface area contributed by atoms with E-state index in [0.29, 0.717) is 25.6 Å². The molecule has 1 aliphatic rings. The molecule has 0 aromatic carbocycles. The number of nitrogens with one attached hydrogen (secondary N) is 1. The Bertz CT molecular complexity index is 553. The molecule has 1 N–H and O–H groups in total. The normalized spacial score (nSPS) is 18.0. The molecule has 1 fully saturated rings. The highest BCUT2D eigenvalue weighted by atomic mass is 16.5. The van der Waals surface area contributed by atoms with Crippen LogP contribution >= 0.6 is 0 Å². The molecule has 0 radical (unpaired) electrons. The van der Waals surface area contributed by atoms with Gasteiger partial charge in [-0.05, 0) is 24.5 Å². The van der Waals surface area contributed by atoms with Gasteiger partial charge in [-0.15, -0.1) is 0 Å². The Balaban J connectivity index is 1.99. The van der Waals surface area contributed by atoms with E-state index >= 15 is 0 Å². The highest BCUT2D eigenvalue weighted by molar-refractivity contribution is 5.97. The molecule has 0 saturated carbocycles. The maximum atomic E-state index is 12.4. The van der Waals surface area contributed by atoms with Crippen LogP contribution in [0.15, 0.2) is 22.8 Å². The molecule has 0 spiro atoms. The van der Waals surface area contributed by atoms with Crippen LogP contribution in [0.4, 0.5) is 0 Å². The molecule has 2 amide bonds. The van der Waals surface area contributed by atoms with Crippen LogP contribution in [0, 0.1) is 5.92 Å². The topological polar surface area (TPSA) is 88.9 Å². The van der Waals surface area contributed by atoms with Crippen LogP contribution < -0.4 is 5.32 Å². The molecular formula is C16H22N2O5. The summed E-state index contributed by atoms with van der Waals surface area (Å²) in [5, 5.41) is 2.67. The summed E-state index contributed by atoms with van der Waals surface area (Å²) in [5.74, 6) is -0.651. The summed E-state index contributed by atoms with van der Waals surface area (Å²) in [6.07, 6.45) is 2.00. The van der Waals surface area contributed by atoms with Crippen molar-refractivity contribution in [1.29, 1.82) is 0 Å². The van der Waals surface area contributed by atoms with Crippen molar-refractivity contribution in [1.82, 2.24) is 10.2 Å². The number of carbonyl (C=O) groups is 3. The lowest BCUT2D eigenvalue weighted by Crippen LogP contribution is -2.57. The molecule has 1 unspecified atom stereocenters. The van der Waals surface area contributed by atoms with Gasteiger partial charge in [0, 0.05) is 13.1 Å². The van der Waals surface area contributed by atoms with Gasteiger partial charge in [-0.3, -0.25) is 14.4 Å². The van der Waals surface area contributed by atoms with E-state index in [0.717, 1.165) is 6.42 Å². The van der Waals surface area contributed by atoms with Crippen LogP contribution in [0.5, 0.6) is 0 Å². The highest BCUT2D eigenvalue weighted by Crippen LogP contribution is 2.15. The summed E-state index contributed by atoms with van der Waals surface area (Å²) in [6, 6.07) is 2.27. The summed E-state index contributed by atoms with van der Waals surface area (Å²) in [5.41, 5.74) is 0. The lowest BCUT2D eigenvalue weighted by atomic mass is 10.1. The SMILES string of the molecule is CC(C)CCOC(=O)CC1C(=O)NCCN1C(=O)c1ccco1. The summed E-state index contributed by atoms with van der Waals surface area (Å²) >= 11 is 0. The third-order valence-corrected chi connectivity index (χ3v) is 3.64. The highest BCUT2D eigenvalue weighted by Gasteiger charge is 2.36. The van der Waals surface area contributed by atoms with Gasteiger partial charge in [-0.25, -0.2) is 0 Å². The molecule has 0 bridgehead atoms. The summed E-state index contributed by atoms with van der Waals surface area (Å²) in [4.78, 5) is 37.7. The average molecular weight is 322 g/mol. The molecule has 1 aromatic heterocycles. The van der Waals surface area contributed by atoms with Crippen LogP contribution in [0.1, 0.15) is 37.2 Å². The van der Waals surface area contributed by atoms with Crippen molar-refractivity contribution in [2.75, 3.05) is 19.7 Å². The van der Waals surface area contributed by atoms with Crippen molar-refractivity contribution in [3.8, 4) is 0 Å². The fourth-order valence-corrected chi connectivity index (χ4v) is 2.33. The van der Waals surface area contributed by atoms with Gasteiger partial charge in [-0.2, -0.15) is 0 Å². The maximum absolute atomic E-state index is 12.4. The Hall–Kier alpha value is -2.31. The molecule has 7 nitrogen and oxygen atoms in total. The van der Waals surface area contributed by atoms with E-state index < -0.39 is 17.9 Å². The molecule has 1 aliphatic heterocycles. The van der Waals surface area contributed by atoms with Gasteiger partial charge in [-0.1, -0.05) is 13.8 Å². The minimum atomic E-state index is -0.868. The van der Waals surface area contributed by atoms with E-state index in [9.17, 15) is 14.4 Å². The first kappa shape index (κ1) is 17.1. The second-order valence-electron chi connectivity index (χ2n) is 5.89. The number of piperazine rings is 1. The number of nitrogens with zero attached hydrogens (tertiary/aromatic N) is 1. The lowest BCUT2D eigenvalue weighted by Gasteiger charge is -2.33.